The van der Waals surface area contributed by atoms with Crippen LogP contribution in [0.25, 0.3) is 0 Å². The van der Waals surface area contributed by atoms with E-state index in [4.69, 9.17) is 4.74 Å². The number of amides is 2. The van der Waals surface area contributed by atoms with Crippen molar-refractivity contribution in [3.05, 3.63) is 0 Å². The van der Waals surface area contributed by atoms with Gasteiger partial charge in [-0.1, -0.05) is 20.3 Å². The molecule has 0 N–H and O–H groups in total. The Hall–Kier alpha value is -1.39. The molecular formula is C14H21NO4. The van der Waals surface area contributed by atoms with E-state index in [1.807, 2.05) is 0 Å². The molecule has 0 aliphatic carbocycles. The Bertz CT molecular complexity index is 393. The maximum Gasteiger partial charge on any atom is 0.318 e. The molecule has 2 saturated heterocycles. The van der Waals surface area contributed by atoms with Gasteiger partial charge in [0.05, 0.1) is 6.61 Å². The number of nitrogens with zero attached hydrogens (tertiary/aromatic N) is 1. The molecule has 5 heteroatoms. The third kappa shape index (κ3) is 2.80. The van der Waals surface area contributed by atoms with E-state index < -0.39 is 11.9 Å². The molecule has 3 unspecified atom stereocenters. The second-order valence-corrected chi connectivity index (χ2v) is 5.55. The van der Waals surface area contributed by atoms with Gasteiger partial charge in [-0.15, -0.1) is 0 Å². The quantitative estimate of drug-likeness (QED) is 0.430. The summed E-state index contributed by atoms with van der Waals surface area (Å²) in [5.41, 5.74) is 0. The zero-order valence-electron chi connectivity index (χ0n) is 11.6. The summed E-state index contributed by atoms with van der Waals surface area (Å²) in [6.07, 6.45) is 3.40. The molecule has 3 atom stereocenters. The first-order valence-corrected chi connectivity index (χ1v) is 7.07. The fourth-order valence-corrected chi connectivity index (χ4v) is 2.67. The molecule has 19 heavy (non-hydrogen) atoms. The molecule has 2 aliphatic rings. The molecule has 0 spiro atoms. The van der Waals surface area contributed by atoms with Crippen molar-refractivity contribution in [1.82, 2.24) is 4.90 Å². The lowest BCUT2D eigenvalue weighted by atomic mass is 10.0. The Balaban J connectivity index is 1.84. The minimum Gasteiger partial charge on any atom is -0.465 e. The minimum absolute atomic E-state index is 0.0767. The predicted molar refractivity (Wildman–Crippen MR) is 68.0 cm³/mol. The second kappa shape index (κ2) is 5.72. The monoisotopic (exact) mass is 267 g/mol. The van der Waals surface area contributed by atoms with Crippen LogP contribution in [-0.4, -0.2) is 35.3 Å². The van der Waals surface area contributed by atoms with Gasteiger partial charge in [-0.3, -0.25) is 19.3 Å². The maximum absolute atomic E-state index is 12.0. The summed E-state index contributed by atoms with van der Waals surface area (Å²) in [6.45, 7) is 4.55. The Labute approximate surface area is 113 Å². The first-order chi connectivity index (χ1) is 9.04. The van der Waals surface area contributed by atoms with Gasteiger partial charge in [-0.25, -0.2) is 0 Å². The average Bonchev–Trinajstić information content (AvgIpc) is 2.91. The van der Waals surface area contributed by atoms with Crippen LogP contribution < -0.4 is 0 Å². The number of imide groups is 1. The van der Waals surface area contributed by atoms with Gasteiger partial charge in [0.25, 0.3) is 0 Å². The molecule has 2 aliphatic heterocycles. The summed E-state index contributed by atoms with van der Waals surface area (Å²) in [6, 6.07) is -0.0767. The van der Waals surface area contributed by atoms with Crippen LogP contribution in [0.1, 0.15) is 46.0 Å². The molecule has 2 fully saturated rings. The van der Waals surface area contributed by atoms with E-state index in [9.17, 15) is 14.4 Å². The first kappa shape index (κ1) is 14.0. The van der Waals surface area contributed by atoms with Crippen molar-refractivity contribution in [1.29, 1.82) is 0 Å². The number of hydrogen-bond acceptors (Lipinski definition) is 4. The largest absolute Gasteiger partial charge is 0.465 e. The van der Waals surface area contributed by atoms with Crippen molar-refractivity contribution in [3.63, 3.8) is 0 Å². The molecule has 0 saturated carbocycles. The van der Waals surface area contributed by atoms with Crippen LogP contribution in [0.5, 0.6) is 0 Å². The third-order valence-corrected chi connectivity index (χ3v) is 4.20. The van der Waals surface area contributed by atoms with Crippen molar-refractivity contribution in [2.75, 3.05) is 6.61 Å². The first-order valence-electron chi connectivity index (χ1n) is 7.07. The molecule has 2 amide bonds. The Morgan fingerprint density at radius 3 is 2.84 bits per heavy atom. The highest BCUT2D eigenvalue weighted by Gasteiger charge is 2.49. The molecule has 0 radical (unpaired) electrons. The van der Waals surface area contributed by atoms with Gasteiger partial charge in [-0.05, 0) is 25.2 Å². The molecule has 106 valence electrons. The second-order valence-electron chi connectivity index (χ2n) is 5.55. The predicted octanol–water partition coefficient (Wildman–Crippen LogP) is 1.50. The van der Waals surface area contributed by atoms with E-state index in [1.165, 1.54) is 4.90 Å². The summed E-state index contributed by atoms with van der Waals surface area (Å²) in [5.74, 6) is -1.22. The fourth-order valence-electron chi connectivity index (χ4n) is 2.67. The van der Waals surface area contributed by atoms with Crippen molar-refractivity contribution < 1.29 is 19.1 Å². The minimum atomic E-state index is -0.758. The average molecular weight is 267 g/mol. The number of rotatable bonds is 5. The van der Waals surface area contributed by atoms with E-state index in [2.05, 4.69) is 13.8 Å². The van der Waals surface area contributed by atoms with Crippen LogP contribution >= 0.6 is 0 Å². The number of ether oxygens (including phenoxy) is 1. The summed E-state index contributed by atoms with van der Waals surface area (Å²) in [5, 5.41) is 0. The normalized spacial score (nSPS) is 27.6. The topological polar surface area (TPSA) is 63.7 Å². The fraction of sp³-hybridized carbons (Fsp3) is 0.786. The van der Waals surface area contributed by atoms with E-state index in [1.54, 1.807) is 0 Å². The molecule has 2 heterocycles. The highest BCUT2D eigenvalue weighted by Crippen LogP contribution is 2.34. The van der Waals surface area contributed by atoms with Crippen LogP contribution in [0, 0.1) is 11.8 Å². The molecular weight excluding hydrogens is 246 g/mol. The number of carbonyl (C=O) groups is 3. The van der Waals surface area contributed by atoms with Gasteiger partial charge in [-0.2, -0.15) is 0 Å². The lowest BCUT2D eigenvalue weighted by molar-refractivity contribution is -0.154. The van der Waals surface area contributed by atoms with E-state index in [-0.39, 0.29) is 17.9 Å². The molecule has 0 aromatic carbocycles. The van der Waals surface area contributed by atoms with Gasteiger partial charge in [0.1, 0.15) is 5.92 Å². The van der Waals surface area contributed by atoms with Crippen molar-refractivity contribution >= 4 is 17.8 Å². The lowest BCUT2D eigenvalue weighted by Gasteiger charge is -2.13. The van der Waals surface area contributed by atoms with Crippen LogP contribution in [-0.2, 0) is 19.1 Å². The highest BCUT2D eigenvalue weighted by molar-refractivity contribution is 6.08. The maximum atomic E-state index is 12.0. The smallest absolute Gasteiger partial charge is 0.318 e. The van der Waals surface area contributed by atoms with Crippen LogP contribution in [0.2, 0.25) is 0 Å². The zero-order chi connectivity index (χ0) is 14.0. The highest BCUT2D eigenvalue weighted by atomic mass is 16.5. The Morgan fingerprint density at radius 2 is 2.21 bits per heavy atom. The van der Waals surface area contributed by atoms with Crippen LogP contribution in [0.15, 0.2) is 0 Å². The van der Waals surface area contributed by atoms with Crippen LogP contribution in [0.3, 0.4) is 0 Å². The number of esters is 1. The molecule has 0 aromatic heterocycles. The molecule has 2 rings (SSSR count). The Morgan fingerprint density at radius 1 is 1.47 bits per heavy atom. The van der Waals surface area contributed by atoms with Gasteiger partial charge in [0.2, 0.25) is 11.8 Å². The van der Waals surface area contributed by atoms with Crippen molar-refractivity contribution in [2.24, 2.45) is 11.8 Å². The molecule has 0 bridgehead atoms. The van der Waals surface area contributed by atoms with E-state index in [0.29, 0.717) is 31.8 Å². The van der Waals surface area contributed by atoms with Gasteiger partial charge < -0.3 is 4.74 Å². The summed E-state index contributed by atoms with van der Waals surface area (Å²) >= 11 is 0. The zero-order valence-corrected chi connectivity index (χ0v) is 11.6. The van der Waals surface area contributed by atoms with Gasteiger partial charge >= 0.3 is 5.97 Å². The third-order valence-electron chi connectivity index (χ3n) is 4.20. The Kier molecular flexibility index (Phi) is 4.22. The summed E-state index contributed by atoms with van der Waals surface area (Å²) < 4.78 is 5.17. The molecule has 0 aromatic rings. The van der Waals surface area contributed by atoms with Gasteiger partial charge in [0.15, 0.2) is 0 Å². The van der Waals surface area contributed by atoms with E-state index in [0.717, 1.165) is 12.8 Å². The molecule has 5 nitrogen and oxygen atoms in total. The van der Waals surface area contributed by atoms with E-state index >= 15 is 0 Å². The van der Waals surface area contributed by atoms with Gasteiger partial charge in [0, 0.05) is 12.5 Å². The number of hydrogen-bond donors (Lipinski definition) is 0. The number of fused-ring (bicyclic) bond motifs is 1. The summed E-state index contributed by atoms with van der Waals surface area (Å²) in [7, 11) is 0. The van der Waals surface area contributed by atoms with Crippen LogP contribution in [0.4, 0.5) is 0 Å². The summed E-state index contributed by atoms with van der Waals surface area (Å²) in [4.78, 5) is 36.7. The van der Waals surface area contributed by atoms with Crippen molar-refractivity contribution in [3.8, 4) is 0 Å². The SMILES string of the molecule is CCC(C)CCOC(=O)C1CC2CCC(=O)N2C1=O. The standard InChI is InChI=1S/C14H21NO4/c1-3-9(2)6-7-19-14(18)11-8-10-4-5-12(16)15(10)13(11)17/h9-11H,3-8H2,1-2H3. The van der Waals surface area contributed by atoms with Crippen molar-refractivity contribution in [2.45, 2.75) is 52.0 Å². The lowest BCUT2D eigenvalue weighted by Crippen LogP contribution is -2.34. The number of carbonyl (C=O) groups excluding carboxylic acids is 3.